The van der Waals surface area contributed by atoms with Crippen molar-refractivity contribution in [3.8, 4) is 0 Å². The van der Waals surface area contributed by atoms with Crippen LogP contribution in [-0.2, 0) is 9.13 Å². The lowest BCUT2D eigenvalue weighted by Gasteiger charge is -1.77. The maximum atomic E-state index is 9.37. The van der Waals surface area contributed by atoms with Gasteiger partial charge in [0.1, 0.15) is 0 Å². The molecule has 38 valence electrons. The summed E-state index contributed by atoms with van der Waals surface area (Å²) in [5, 5.41) is 0. The van der Waals surface area contributed by atoms with Crippen molar-refractivity contribution in [2.75, 3.05) is 0 Å². The average molecular weight is 130 g/mol. The quantitative estimate of drug-likeness (QED) is 0.483. The molecule has 6 heavy (non-hydrogen) atoms. The van der Waals surface area contributed by atoms with Crippen LogP contribution in [0.25, 0.3) is 0 Å². The summed E-state index contributed by atoms with van der Waals surface area (Å²) in [7, 11) is -6.20. The van der Waals surface area contributed by atoms with Gasteiger partial charge in [-0.25, -0.2) is 0 Å². The van der Waals surface area contributed by atoms with Gasteiger partial charge in [-0.2, -0.15) is 0 Å². The lowest BCUT2D eigenvalue weighted by atomic mass is 15.9. The minimum Gasteiger partial charge on any atom is -0.340 e. The van der Waals surface area contributed by atoms with E-state index in [1.165, 1.54) is 0 Å². The minimum absolute atomic E-state index is 3.10. The summed E-state index contributed by atoms with van der Waals surface area (Å²) < 4.78 is 18.7. The van der Waals surface area contributed by atoms with Crippen molar-refractivity contribution in [3.63, 3.8) is 0 Å². The zero-order valence-electron chi connectivity index (χ0n) is 2.71. The van der Waals surface area contributed by atoms with Crippen LogP contribution in [0.2, 0.25) is 0 Å². The first-order chi connectivity index (χ1) is 2.64. The van der Waals surface area contributed by atoms with Crippen LogP contribution in [0.5, 0.6) is 0 Å². The highest BCUT2D eigenvalue weighted by atomic mass is 32.1. The molecule has 2 atom stereocenters. The molecule has 0 saturated heterocycles. The molecule has 0 aromatic heterocycles. The Hall–Kier alpha value is 0.380. The van der Waals surface area contributed by atoms with Crippen molar-refractivity contribution in [1.29, 1.82) is 0 Å². The fraction of sp³-hybridized carbons (Fsp3) is 0. The van der Waals surface area contributed by atoms with Gasteiger partial charge in [0, 0.05) is 0 Å². The zero-order chi connectivity index (χ0) is 5.15. The van der Waals surface area contributed by atoms with Crippen LogP contribution in [0.4, 0.5) is 0 Å². The monoisotopic (exact) mass is 130 g/mol. The normalized spacial score (nSPS) is 19.7. The largest absolute Gasteiger partial charge is 0.340 e. The van der Waals surface area contributed by atoms with E-state index in [0.717, 1.165) is 0 Å². The van der Waals surface area contributed by atoms with Crippen LogP contribution in [0.15, 0.2) is 0 Å². The molecule has 2 unspecified atom stereocenters. The summed E-state index contributed by atoms with van der Waals surface area (Å²) in [5.74, 6) is 0. The molecule has 0 aliphatic heterocycles. The van der Waals surface area contributed by atoms with Crippen molar-refractivity contribution < 1.29 is 18.9 Å². The van der Waals surface area contributed by atoms with Crippen LogP contribution >= 0.6 is 15.4 Å². The van der Waals surface area contributed by atoms with Gasteiger partial charge < -0.3 is 9.79 Å². The number of hydrogen-bond acceptors (Lipinski definition) is 2. The third-order valence-corrected chi connectivity index (χ3v) is 1.65. The number of hydrogen-bond donors (Lipinski definition) is 2. The summed E-state index contributed by atoms with van der Waals surface area (Å²) in [6, 6.07) is 0. The SMILES string of the molecule is O=[PH](O)[PH](=O)O. The van der Waals surface area contributed by atoms with E-state index in [0.29, 0.717) is 0 Å². The number of rotatable bonds is 1. The second-order valence-corrected chi connectivity index (χ2v) is 4.40. The third kappa shape index (κ3) is 2.61. The average Bonchev–Trinajstić information content (AvgIpc) is 1.36. The molecular formula is H4O4P2. The summed E-state index contributed by atoms with van der Waals surface area (Å²) >= 11 is 0. The molecule has 0 bridgehead atoms. The van der Waals surface area contributed by atoms with Gasteiger partial charge in [0.05, 0.1) is 0 Å². The first-order valence-electron chi connectivity index (χ1n) is 1.11. The van der Waals surface area contributed by atoms with Gasteiger partial charge in [0.25, 0.3) is 15.4 Å². The molecule has 6 heteroatoms. The highest BCUT2D eigenvalue weighted by Crippen LogP contribution is 2.43. The Morgan fingerprint density at radius 3 is 1.17 bits per heavy atom. The van der Waals surface area contributed by atoms with Crippen molar-refractivity contribution >= 4 is 15.4 Å². The van der Waals surface area contributed by atoms with Gasteiger partial charge in [0.15, 0.2) is 0 Å². The van der Waals surface area contributed by atoms with Crippen molar-refractivity contribution in [3.05, 3.63) is 0 Å². The molecule has 2 N–H and O–H groups in total. The van der Waals surface area contributed by atoms with Crippen LogP contribution < -0.4 is 0 Å². The van der Waals surface area contributed by atoms with Gasteiger partial charge in [-0.05, 0) is 0 Å². The van der Waals surface area contributed by atoms with E-state index < -0.39 is 15.4 Å². The summed E-state index contributed by atoms with van der Waals surface area (Å²) in [6.07, 6.45) is 0. The second kappa shape index (κ2) is 2.54. The highest BCUT2D eigenvalue weighted by Gasteiger charge is 1.93. The smallest absolute Gasteiger partial charge is 0.267 e. The maximum absolute atomic E-state index is 9.37. The standard InChI is InChI=1S/H4O4P2/c1-5(2)6(3)4/h5-6H,(H,1,2)(H,3,4). The first-order valence-corrected chi connectivity index (χ1v) is 4.82. The Morgan fingerprint density at radius 1 is 1.00 bits per heavy atom. The molecule has 0 aliphatic rings. The van der Waals surface area contributed by atoms with Crippen LogP contribution in [0.3, 0.4) is 0 Å². The van der Waals surface area contributed by atoms with E-state index in [4.69, 9.17) is 9.79 Å². The van der Waals surface area contributed by atoms with Crippen molar-refractivity contribution in [1.82, 2.24) is 0 Å². The molecule has 0 radical (unpaired) electrons. The van der Waals surface area contributed by atoms with Gasteiger partial charge in [-0.3, -0.25) is 9.13 Å². The van der Waals surface area contributed by atoms with Gasteiger partial charge >= 0.3 is 0 Å². The summed E-state index contributed by atoms with van der Waals surface area (Å²) in [5.41, 5.74) is 0. The third-order valence-electron chi connectivity index (χ3n) is 0.183. The molecule has 0 heterocycles. The van der Waals surface area contributed by atoms with Crippen LogP contribution in [-0.4, -0.2) is 9.79 Å². The predicted molar refractivity (Wildman–Crippen MR) is 22.4 cm³/mol. The fourth-order valence-corrected chi connectivity index (χ4v) is 0. The zero-order valence-corrected chi connectivity index (χ0v) is 4.71. The van der Waals surface area contributed by atoms with E-state index >= 15 is 0 Å². The molecule has 0 spiro atoms. The lowest BCUT2D eigenvalue weighted by molar-refractivity contribution is 0.485. The molecule has 4 nitrogen and oxygen atoms in total. The van der Waals surface area contributed by atoms with E-state index in [-0.39, 0.29) is 0 Å². The van der Waals surface area contributed by atoms with Crippen molar-refractivity contribution in [2.45, 2.75) is 0 Å². The predicted octanol–water partition coefficient (Wildman–Crippen LogP) is -0.165. The Bertz CT molecular complexity index is 71.5. The van der Waals surface area contributed by atoms with Crippen LogP contribution in [0, 0.1) is 0 Å². The second-order valence-electron chi connectivity index (χ2n) is 0.610. The Labute approximate surface area is 35.4 Å². The van der Waals surface area contributed by atoms with Gasteiger partial charge in [-0.15, -0.1) is 0 Å². The molecule has 0 saturated carbocycles. The highest BCUT2D eigenvalue weighted by molar-refractivity contribution is 8.12. The van der Waals surface area contributed by atoms with E-state index in [9.17, 15) is 9.13 Å². The molecule has 0 amide bonds. The molecule has 0 aromatic carbocycles. The summed E-state index contributed by atoms with van der Waals surface area (Å²) in [6.45, 7) is 0. The molecule has 0 aromatic rings. The van der Waals surface area contributed by atoms with Crippen LogP contribution in [0.1, 0.15) is 0 Å². The Morgan fingerprint density at radius 2 is 1.17 bits per heavy atom. The lowest BCUT2D eigenvalue weighted by Crippen LogP contribution is -1.41. The molecule has 0 rings (SSSR count). The molecular weight excluding hydrogens is 126 g/mol. The van der Waals surface area contributed by atoms with Crippen molar-refractivity contribution in [2.24, 2.45) is 0 Å². The van der Waals surface area contributed by atoms with E-state index in [1.807, 2.05) is 0 Å². The minimum atomic E-state index is -3.10. The first kappa shape index (κ1) is 6.38. The fourth-order valence-electron chi connectivity index (χ4n) is 0. The maximum Gasteiger partial charge on any atom is 0.267 e. The Balaban J connectivity index is 3.57. The Kier molecular flexibility index (Phi) is 2.70. The molecule has 0 aliphatic carbocycles. The van der Waals surface area contributed by atoms with Gasteiger partial charge in [-0.1, -0.05) is 0 Å². The van der Waals surface area contributed by atoms with E-state index in [1.54, 1.807) is 0 Å². The van der Waals surface area contributed by atoms with E-state index in [2.05, 4.69) is 0 Å². The topological polar surface area (TPSA) is 74.6 Å². The van der Waals surface area contributed by atoms with Gasteiger partial charge in [0.2, 0.25) is 0 Å². The molecule has 0 fully saturated rings. The summed E-state index contributed by atoms with van der Waals surface area (Å²) in [4.78, 5) is 15.3.